The predicted molar refractivity (Wildman–Crippen MR) is 73.1 cm³/mol. The molecule has 0 amide bonds. The average molecular weight is 255 g/mol. The fraction of sp³-hybridized carbons (Fsp3) is 0.769. The van der Waals surface area contributed by atoms with Crippen molar-refractivity contribution in [3.63, 3.8) is 0 Å². The molecule has 104 valence electrons. The summed E-state index contributed by atoms with van der Waals surface area (Å²) in [5.41, 5.74) is 1.00. The van der Waals surface area contributed by atoms with E-state index in [1.54, 1.807) is 7.11 Å². The molecule has 0 aromatic carbocycles. The minimum absolute atomic E-state index is 0.179. The molecule has 18 heavy (non-hydrogen) atoms. The lowest BCUT2D eigenvalue weighted by Gasteiger charge is -2.18. The van der Waals surface area contributed by atoms with Crippen LogP contribution in [0.15, 0.2) is 6.20 Å². The molecule has 0 saturated carbocycles. The SMILES string of the molecule is CCOC(C)CNc1nc(C)cn1C(C)COC. The highest BCUT2D eigenvalue weighted by Crippen LogP contribution is 2.16. The molecule has 1 heterocycles. The van der Waals surface area contributed by atoms with Crippen LogP contribution in [0.25, 0.3) is 0 Å². The van der Waals surface area contributed by atoms with Crippen LogP contribution in [0.2, 0.25) is 0 Å². The Hall–Kier alpha value is -1.07. The molecule has 0 bridgehead atoms. The molecule has 2 atom stereocenters. The first kappa shape index (κ1) is 15.0. The highest BCUT2D eigenvalue weighted by molar-refractivity contribution is 5.29. The van der Waals surface area contributed by atoms with E-state index in [9.17, 15) is 0 Å². The molecule has 5 heteroatoms. The van der Waals surface area contributed by atoms with Gasteiger partial charge >= 0.3 is 0 Å². The largest absolute Gasteiger partial charge is 0.383 e. The second-order valence-electron chi connectivity index (χ2n) is 4.56. The summed E-state index contributed by atoms with van der Waals surface area (Å²) in [7, 11) is 1.71. The predicted octanol–water partition coefficient (Wildman–Crippen LogP) is 2.24. The normalized spacial score (nSPS) is 14.5. The van der Waals surface area contributed by atoms with Crippen LogP contribution in [0.4, 0.5) is 5.95 Å². The molecular formula is C13H25N3O2. The summed E-state index contributed by atoms with van der Waals surface area (Å²) < 4.78 is 12.8. The van der Waals surface area contributed by atoms with Gasteiger partial charge in [-0.1, -0.05) is 0 Å². The lowest BCUT2D eigenvalue weighted by atomic mass is 10.3. The molecule has 0 aliphatic rings. The number of aromatic nitrogens is 2. The lowest BCUT2D eigenvalue weighted by molar-refractivity contribution is 0.0853. The summed E-state index contributed by atoms with van der Waals surface area (Å²) in [5, 5.41) is 3.33. The number of hydrogen-bond donors (Lipinski definition) is 1. The summed E-state index contributed by atoms with van der Waals surface area (Å²) in [6.07, 6.45) is 2.22. The second kappa shape index (κ2) is 7.38. The summed E-state index contributed by atoms with van der Waals surface area (Å²) in [5.74, 6) is 0.878. The molecule has 1 aromatic heterocycles. The van der Waals surface area contributed by atoms with Crippen LogP contribution in [-0.4, -0.2) is 42.5 Å². The number of imidazole rings is 1. The fourth-order valence-corrected chi connectivity index (χ4v) is 1.88. The van der Waals surface area contributed by atoms with Crippen molar-refractivity contribution in [1.29, 1.82) is 0 Å². The number of rotatable bonds is 8. The smallest absolute Gasteiger partial charge is 0.203 e. The second-order valence-corrected chi connectivity index (χ2v) is 4.56. The lowest BCUT2D eigenvalue weighted by Crippen LogP contribution is -2.22. The Morgan fingerprint density at radius 3 is 2.78 bits per heavy atom. The summed E-state index contributed by atoms with van der Waals surface area (Å²) in [6, 6.07) is 0.265. The van der Waals surface area contributed by atoms with Crippen molar-refractivity contribution in [2.45, 2.75) is 39.8 Å². The number of hydrogen-bond acceptors (Lipinski definition) is 4. The van der Waals surface area contributed by atoms with Gasteiger partial charge < -0.3 is 19.4 Å². The number of anilines is 1. The molecule has 0 saturated heterocycles. The first-order chi connectivity index (χ1) is 8.58. The van der Waals surface area contributed by atoms with Crippen LogP contribution in [0.3, 0.4) is 0 Å². The van der Waals surface area contributed by atoms with Crippen LogP contribution in [0.5, 0.6) is 0 Å². The molecule has 0 radical (unpaired) electrons. The Morgan fingerprint density at radius 1 is 1.44 bits per heavy atom. The molecule has 0 fully saturated rings. The van der Waals surface area contributed by atoms with E-state index in [1.165, 1.54) is 0 Å². The van der Waals surface area contributed by atoms with Crippen molar-refractivity contribution in [1.82, 2.24) is 9.55 Å². The fourth-order valence-electron chi connectivity index (χ4n) is 1.88. The molecule has 0 aliphatic heterocycles. The van der Waals surface area contributed by atoms with Crippen LogP contribution in [0.1, 0.15) is 32.5 Å². The standard InChI is InChI=1S/C13H25N3O2/c1-6-18-12(4)7-14-13-15-10(2)8-16(13)11(3)9-17-5/h8,11-12H,6-7,9H2,1-5H3,(H,14,15). The first-order valence-electron chi connectivity index (χ1n) is 6.48. The number of aryl methyl sites for hydroxylation is 1. The third kappa shape index (κ3) is 4.31. The van der Waals surface area contributed by atoms with E-state index in [2.05, 4.69) is 28.7 Å². The average Bonchev–Trinajstić information content (AvgIpc) is 2.69. The van der Waals surface area contributed by atoms with E-state index in [0.29, 0.717) is 6.61 Å². The van der Waals surface area contributed by atoms with E-state index in [-0.39, 0.29) is 12.1 Å². The van der Waals surface area contributed by atoms with E-state index >= 15 is 0 Å². The molecule has 0 spiro atoms. The number of nitrogens with zero attached hydrogens (tertiary/aromatic N) is 2. The summed E-state index contributed by atoms with van der Waals surface area (Å²) in [4.78, 5) is 4.49. The Labute approximate surface area is 109 Å². The highest BCUT2D eigenvalue weighted by Gasteiger charge is 2.12. The summed E-state index contributed by atoms with van der Waals surface area (Å²) in [6.45, 7) is 10.3. The molecule has 0 aliphatic carbocycles. The number of nitrogens with one attached hydrogen (secondary N) is 1. The van der Waals surface area contributed by atoms with E-state index in [0.717, 1.165) is 24.8 Å². The first-order valence-corrected chi connectivity index (χ1v) is 6.48. The Kier molecular flexibility index (Phi) is 6.15. The monoisotopic (exact) mass is 255 g/mol. The van der Waals surface area contributed by atoms with Gasteiger partial charge in [0.1, 0.15) is 0 Å². The number of methoxy groups -OCH3 is 1. The van der Waals surface area contributed by atoms with E-state index in [4.69, 9.17) is 9.47 Å². The minimum atomic E-state index is 0.179. The molecule has 1 rings (SSSR count). The highest BCUT2D eigenvalue weighted by atomic mass is 16.5. The van der Waals surface area contributed by atoms with Crippen LogP contribution in [-0.2, 0) is 9.47 Å². The third-order valence-corrected chi connectivity index (χ3v) is 2.73. The quantitative estimate of drug-likeness (QED) is 0.774. The van der Waals surface area contributed by atoms with Gasteiger partial charge in [0.25, 0.3) is 0 Å². The van der Waals surface area contributed by atoms with Gasteiger partial charge in [0, 0.05) is 26.5 Å². The molecule has 1 aromatic rings. The van der Waals surface area contributed by atoms with E-state index in [1.807, 2.05) is 20.0 Å². The van der Waals surface area contributed by atoms with Crippen LogP contribution < -0.4 is 5.32 Å². The Morgan fingerprint density at radius 2 is 2.17 bits per heavy atom. The Bertz CT molecular complexity index is 352. The Balaban J connectivity index is 2.64. The van der Waals surface area contributed by atoms with Gasteiger partial charge in [0.15, 0.2) is 0 Å². The van der Waals surface area contributed by atoms with Gasteiger partial charge in [-0.15, -0.1) is 0 Å². The maximum atomic E-state index is 5.49. The summed E-state index contributed by atoms with van der Waals surface area (Å²) >= 11 is 0. The van der Waals surface area contributed by atoms with Gasteiger partial charge in [-0.05, 0) is 27.7 Å². The van der Waals surface area contributed by atoms with Crippen LogP contribution >= 0.6 is 0 Å². The minimum Gasteiger partial charge on any atom is -0.383 e. The zero-order valence-electron chi connectivity index (χ0n) is 12.1. The zero-order valence-corrected chi connectivity index (χ0v) is 12.1. The van der Waals surface area contributed by atoms with Crippen molar-refractivity contribution < 1.29 is 9.47 Å². The van der Waals surface area contributed by atoms with Crippen molar-refractivity contribution >= 4 is 5.95 Å². The maximum Gasteiger partial charge on any atom is 0.203 e. The van der Waals surface area contributed by atoms with Crippen molar-refractivity contribution in [2.24, 2.45) is 0 Å². The number of ether oxygens (including phenoxy) is 2. The van der Waals surface area contributed by atoms with Gasteiger partial charge in [-0.3, -0.25) is 0 Å². The maximum absolute atomic E-state index is 5.49. The van der Waals surface area contributed by atoms with Gasteiger partial charge in [0.05, 0.1) is 24.4 Å². The molecule has 5 nitrogen and oxygen atoms in total. The topological polar surface area (TPSA) is 48.3 Å². The van der Waals surface area contributed by atoms with Gasteiger partial charge in [-0.2, -0.15) is 0 Å². The molecule has 2 unspecified atom stereocenters. The van der Waals surface area contributed by atoms with Gasteiger partial charge in [-0.25, -0.2) is 4.98 Å². The van der Waals surface area contributed by atoms with E-state index < -0.39 is 0 Å². The van der Waals surface area contributed by atoms with Crippen molar-refractivity contribution in [3.8, 4) is 0 Å². The zero-order chi connectivity index (χ0) is 13.5. The molecule has 1 N–H and O–H groups in total. The third-order valence-electron chi connectivity index (χ3n) is 2.73. The molecular weight excluding hydrogens is 230 g/mol. The van der Waals surface area contributed by atoms with Crippen molar-refractivity contribution in [2.75, 3.05) is 32.2 Å². The van der Waals surface area contributed by atoms with Crippen molar-refractivity contribution in [3.05, 3.63) is 11.9 Å². The van der Waals surface area contributed by atoms with Gasteiger partial charge in [0.2, 0.25) is 5.95 Å². The van der Waals surface area contributed by atoms with Crippen LogP contribution in [0, 0.1) is 6.92 Å².